The van der Waals surface area contributed by atoms with Crippen LogP contribution in [0.15, 0.2) is 65.4 Å². The average molecular weight is 527 g/mol. The molecular weight excluding hydrogens is 506 g/mol. The van der Waals surface area contributed by atoms with Gasteiger partial charge in [-0.3, -0.25) is 14.4 Å². The zero-order chi connectivity index (χ0) is 27.0. The lowest BCUT2D eigenvalue weighted by Gasteiger charge is -2.34. The van der Waals surface area contributed by atoms with E-state index in [-0.39, 0.29) is 31.8 Å². The molecule has 1 aromatic heterocycles. The largest absolute Gasteiger partial charge is 0.483 e. The van der Waals surface area contributed by atoms with Gasteiger partial charge in [0.25, 0.3) is 11.8 Å². The molecule has 2 aromatic carbocycles. The number of amides is 2. The highest BCUT2D eigenvalue weighted by Gasteiger charge is 2.37. The SMILES string of the molecule is O=C(NCc1c(F)cc(F)cc1F)c1cn2c(c(OCc3ccccc3)c1=O)C(=O)N1CCC(F)=C[C@H]2C1. The molecule has 0 aliphatic carbocycles. The van der Waals surface area contributed by atoms with Crippen LogP contribution < -0.4 is 15.5 Å². The molecule has 0 saturated carbocycles. The minimum atomic E-state index is -1.21. The third-order valence-electron chi connectivity index (χ3n) is 6.44. The van der Waals surface area contributed by atoms with Gasteiger partial charge in [-0.15, -0.1) is 0 Å². The Kier molecular flexibility index (Phi) is 6.75. The predicted octanol–water partition coefficient (Wildman–Crippen LogP) is 4.03. The van der Waals surface area contributed by atoms with E-state index in [1.165, 1.54) is 15.5 Å². The van der Waals surface area contributed by atoms with Crippen LogP contribution in [0.1, 0.15) is 44.4 Å². The molecule has 3 aromatic rings. The van der Waals surface area contributed by atoms with Crippen molar-refractivity contribution in [3.05, 3.63) is 111 Å². The van der Waals surface area contributed by atoms with Crippen molar-refractivity contribution in [2.24, 2.45) is 0 Å². The standard InChI is InChI=1S/C27H21F4N3O4/c28-16-6-7-33-12-18(8-16)34-13-20(26(36)32-11-19-21(30)9-17(29)10-22(19)31)24(35)25(23(34)27(33)37)38-14-15-4-2-1-3-5-15/h1-5,8-10,13,18H,6-7,11-12,14H2,(H,32,36)/t18-/m0/s1. The number of carbonyl (C=O) groups is 2. The molecule has 2 bridgehead atoms. The first-order chi connectivity index (χ1) is 18.2. The first-order valence-corrected chi connectivity index (χ1v) is 11.8. The van der Waals surface area contributed by atoms with E-state index < -0.39 is 70.0 Å². The minimum Gasteiger partial charge on any atom is -0.483 e. The number of aromatic nitrogens is 1. The van der Waals surface area contributed by atoms with Crippen molar-refractivity contribution in [1.82, 2.24) is 14.8 Å². The highest BCUT2D eigenvalue weighted by Crippen LogP contribution is 2.32. The van der Waals surface area contributed by atoms with Crippen molar-refractivity contribution in [3.8, 4) is 5.75 Å². The minimum absolute atomic E-state index is 0.00334. The third-order valence-corrected chi connectivity index (χ3v) is 6.44. The lowest BCUT2D eigenvalue weighted by molar-refractivity contribution is 0.0683. The zero-order valence-corrected chi connectivity index (χ0v) is 19.8. The van der Waals surface area contributed by atoms with Crippen LogP contribution in [0.2, 0.25) is 0 Å². The maximum atomic E-state index is 14.4. The fourth-order valence-electron chi connectivity index (χ4n) is 4.51. The quantitative estimate of drug-likeness (QED) is 0.491. The van der Waals surface area contributed by atoms with Gasteiger partial charge in [0.05, 0.1) is 11.9 Å². The Morgan fingerprint density at radius 1 is 1.05 bits per heavy atom. The Morgan fingerprint density at radius 3 is 2.47 bits per heavy atom. The fraction of sp³-hybridized carbons (Fsp3) is 0.222. The molecule has 3 heterocycles. The van der Waals surface area contributed by atoms with E-state index in [9.17, 15) is 31.9 Å². The van der Waals surface area contributed by atoms with Crippen LogP contribution in [0.4, 0.5) is 17.6 Å². The van der Waals surface area contributed by atoms with Crippen molar-refractivity contribution in [2.75, 3.05) is 13.1 Å². The molecular formula is C27H21F4N3O4. The number of halogens is 4. The first kappa shape index (κ1) is 25.2. The fourth-order valence-corrected chi connectivity index (χ4v) is 4.51. The van der Waals surface area contributed by atoms with Crippen LogP contribution in [0.3, 0.4) is 0 Å². The van der Waals surface area contributed by atoms with E-state index in [2.05, 4.69) is 5.32 Å². The molecule has 0 fully saturated rings. The van der Waals surface area contributed by atoms with Crippen molar-refractivity contribution in [3.63, 3.8) is 0 Å². The second-order valence-electron chi connectivity index (χ2n) is 8.94. The van der Waals surface area contributed by atoms with Crippen LogP contribution in [0.25, 0.3) is 0 Å². The number of pyridine rings is 1. The molecule has 1 atom stereocenters. The normalized spacial score (nSPS) is 16.4. The molecule has 0 saturated heterocycles. The summed E-state index contributed by atoms with van der Waals surface area (Å²) in [6.07, 6.45) is 2.43. The Bertz CT molecular complexity index is 1500. The smallest absolute Gasteiger partial charge is 0.274 e. The van der Waals surface area contributed by atoms with E-state index in [0.29, 0.717) is 17.7 Å². The van der Waals surface area contributed by atoms with Crippen LogP contribution in [-0.2, 0) is 13.2 Å². The van der Waals surface area contributed by atoms with Gasteiger partial charge in [-0.05, 0) is 11.6 Å². The molecule has 5 rings (SSSR count). The molecule has 38 heavy (non-hydrogen) atoms. The van der Waals surface area contributed by atoms with Crippen LogP contribution in [-0.4, -0.2) is 34.4 Å². The molecule has 2 amide bonds. The zero-order valence-electron chi connectivity index (χ0n) is 19.8. The Labute approximate surface area is 213 Å². The van der Waals surface area contributed by atoms with E-state index in [4.69, 9.17) is 4.74 Å². The number of nitrogens with zero attached hydrogens (tertiary/aromatic N) is 2. The second kappa shape index (κ2) is 10.2. The summed E-state index contributed by atoms with van der Waals surface area (Å²) in [6.45, 7) is -0.542. The summed E-state index contributed by atoms with van der Waals surface area (Å²) in [4.78, 5) is 41.2. The maximum Gasteiger partial charge on any atom is 0.274 e. The van der Waals surface area contributed by atoms with Crippen LogP contribution in [0.5, 0.6) is 5.75 Å². The van der Waals surface area contributed by atoms with E-state index >= 15 is 0 Å². The Morgan fingerprint density at radius 2 is 1.76 bits per heavy atom. The van der Waals surface area contributed by atoms with Gasteiger partial charge in [0.1, 0.15) is 29.6 Å². The van der Waals surface area contributed by atoms with Gasteiger partial charge in [-0.1, -0.05) is 30.3 Å². The third kappa shape index (κ3) is 4.79. The Hall–Kier alpha value is -4.41. The summed E-state index contributed by atoms with van der Waals surface area (Å²) >= 11 is 0. The van der Waals surface area contributed by atoms with Gasteiger partial charge in [0.2, 0.25) is 5.43 Å². The van der Waals surface area contributed by atoms with Gasteiger partial charge < -0.3 is 19.5 Å². The van der Waals surface area contributed by atoms with Crippen molar-refractivity contribution in [1.29, 1.82) is 0 Å². The van der Waals surface area contributed by atoms with Crippen LogP contribution in [0, 0.1) is 17.5 Å². The predicted molar refractivity (Wildman–Crippen MR) is 128 cm³/mol. The number of ether oxygens (including phenoxy) is 1. The van der Waals surface area contributed by atoms with Gasteiger partial charge in [-0.25, -0.2) is 17.6 Å². The maximum absolute atomic E-state index is 14.4. The molecule has 11 heteroatoms. The van der Waals surface area contributed by atoms with Crippen molar-refractivity contribution < 1.29 is 31.9 Å². The summed E-state index contributed by atoms with van der Waals surface area (Å²) in [7, 11) is 0. The van der Waals surface area contributed by atoms with E-state index in [1.54, 1.807) is 30.3 Å². The topological polar surface area (TPSA) is 80.6 Å². The van der Waals surface area contributed by atoms with E-state index in [0.717, 1.165) is 6.20 Å². The van der Waals surface area contributed by atoms with Gasteiger partial charge in [0.15, 0.2) is 11.4 Å². The van der Waals surface area contributed by atoms with Gasteiger partial charge >= 0.3 is 0 Å². The van der Waals surface area contributed by atoms with Crippen molar-refractivity contribution >= 4 is 11.8 Å². The van der Waals surface area contributed by atoms with Gasteiger partial charge in [-0.2, -0.15) is 0 Å². The number of nitrogens with one attached hydrogen (secondary N) is 1. The highest BCUT2D eigenvalue weighted by molar-refractivity contribution is 5.99. The number of carbonyl (C=O) groups excluding carboxylic acids is 2. The van der Waals surface area contributed by atoms with E-state index in [1.807, 2.05) is 0 Å². The molecule has 1 N–H and O–H groups in total. The van der Waals surface area contributed by atoms with Crippen LogP contribution >= 0.6 is 0 Å². The highest BCUT2D eigenvalue weighted by atomic mass is 19.1. The lowest BCUT2D eigenvalue weighted by atomic mass is 10.1. The molecule has 0 spiro atoms. The summed E-state index contributed by atoms with van der Waals surface area (Å²) in [5, 5.41) is 2.26. The molecule has 0 unspecified atom stereocenters. The lowest BCUT2D eigenvalue weighted by Crippen LogP contribution is -2.44. The first-order valence-electron chi connectivity index (χ1n) is 11.8. The summed E-state index contributed by atoms with van der Waals surface area (Å²) in [5.41, 5.74) is -1.42. The Balaban J connectivity index is 1.55. The molecule has 2 aliphatic rings. The number of rotatable bonds is 6. The summed E-state index contributed by atoms with van der Waals surface area (Å²) in [6, 6.07) is 9.03. The molecule has 0 radical (unpaired) electrons. The summed E-state index contributed by atoms with van der Waals surface area (Å²) < 4.78 is 62.8. The molecule has 7 nitrogen and oxygen atoms in total. The monoisotopic (exact) mass is 527 g/mol. The number of fused-ring (bicyclic) bond motifs is 4. The second-order valence-corrected chi connectivity index (χ2v) is 8.94. The number of benzene rings is 2. The van der Waals surface area contributed by atoms with Gasteiger partial charge in [0, 0.05) is 49.9 Å². The average Bonchev–Trinajstić information content (AvgIpc) is 3.06. The van der Waals surface area contributed by atoms with Crippen molar-refractivity contribution in [2.45, 2.75) is 25.6 Å². The summed E-state index contributed by atoms with van der Waals surface area (Å²) in [5.74, 6) is -5.93. The molecule has 2 aliphatic heterocycles. The molecule has 196 valence electrons. The number of hydrogen-bond acceptors (Lipinski definition) is 4. The number of hydrogen-bond donors (Lipinski definition) is 1.